The summed E-state index contributed by atoms with van der Waals surface area (Å²) in [5.74, 6) is 1.01. The van der Waals surface area contributed by atoms with Crippen molar-refractivity contribution in [3.8, 4) is 11.4 Å². The summed E-state index contributed by atoms with van der Waals surface area (Å²) >= 11 is 0. The van der Waals surface area contributed by atoms with Gasteiger partial charge in [-0.2, -0.15) is 10.1 Å². The zero-order chi connectivity index (χ0) is 23.6. The Balaban J connectivity index is 0.000000286. The van der Waals surface area contributed by atoms with Crippen molar-refractivity contribution in [2.75, 3.05) is 24.7 Å². The van der Waals surface area contributed by atoms with Gasteiger partial charge in [-0.3, -0.25) is 9.89 Å². The van der Waals surface area contributed by atoms with Gasteiger partial charge in [-0.15, -0.1) is 0 Å². The molecule has 33 heavy (non-hydrogen) atoms. The van der Waals surface area contributed by atoms with E-state index in [-0.39, 0.29) is 18.3 Å². The molecule has 0 radical (unpaired) electrons. The lowest BCUT2D eigenvalue weighted by atomic mass is 10.1. The van der Waals surface area contributed by atoms with Gasteiger partial charge in [0.1, 0.15) is 12.1 Å². The highest BCUT2D eigenvalue weighted by Gasteiger charge is 2.11. The zero-order valence-corrected chi connectivity index (χ0v) is 18.4. The molecular formula is C23H26N8O2. The molecule has 0 atom stereocenters. The molecule has 1 amide bonds. The molecule has 2 aromatic carbocycles. The summed E-state index contributed by atoms with van der Waals surface area (Å²) in [6.07, 6.45) is 3.72. The standard InChI is InChI=1S/C15H16N8O.C8H10O/c1-8-5-9(3-4-10(8)14(24)17-2)21-15-18-6-11(12(16)22-15)13-19-7-20-23-13;9-7-6-8-4-2-1-3-5-8/h3-7H,1-2H3,(H,17,24)(H,19,20,23)(H3,16,18,21,22);1-5,9H,6-7H2. The number of hydrogen-bond acceptors (Lipinski definition) is 8. The van der Waals surface area contributed by atoms with Gasteiger partial charge in [0.15, 0.2) is 5.82 Å². The lowest BCUT2D eigenvalue weighted by Crippen LogP contribution is -2.18. The van der Waals surface area contributed by atoms with E-state index in [1.807, 2.05) is 43.3 Å². The van der Waals surface area contributed by atoms with E-state index in [4.69, 9.17) is 10.8 Å². The summed E-state index contributed by atoms with van der Waals surface area (Å²) in [5.41, 5.74) is 9.92. The molecule has 0 aliphatic rings. The van der Waals surface area contributed by atoms with Gasteiger partial charge in [-0.05, 0) is 42.7 Å². The van der Waals surface area contributed by atoms with E-state index in [9.17, 15) is 4.79 Å². The van der Waals surface area contributed by atoms with Crippen LogP contribution in [0.3, 0.4) is 0 Å². The summed E-state index contributed by atoms with van der Waals surface area (Å²) in [5, 5.41) is 20.7. The van der Waals surface area contributed by atoms with Gasteiger partial charge in [0.05, 0.1) is 5.56 Å². The Morgan fingerprint density at radius 3 is 2.55 bits per heavy atom. The number of anilines is 3. The number of H-pyrrole nitrogens is 1. The van der Waals surface area contributed by atoms with Crippen molar-refractivity contribution in [1.29, 1.82) is 0 Å². The highest BCUT2D eigenvalue weighted by Crippen LogP contribution is 2.22. The highest BCUT2D eigenvalue weighted by molar-refractivity contribution is 5.95. The minimum Gasteiger partial charge on any atom is -0.396 e. The molecule has 170 valence electrons. The van der Waals surface area contributed by atoms with Crippen LogP contribution in [0.25, 0.3) is 11.4 Å². The number of amides is 1. The highest BCUT2D eigenvalue weighted by atomic mass is 16.3. The van der Waals surface area contributed by atoms with E-state index in [0.717, 1.165) is 17.7 Å². The monoisotopic (exact) mass is 446 g/mol. The fourth-order valence-corrected chi connectivity index (χ4v) is 3.01. The second-order valence-corrected chi connectivity index (χ2v) is 7.02. The van der Waals surface area contributed by atoms with Crippen molar-refractivity contribution < 1.29 is 9.90 Å². The Morgan fingerprint density at radius 1 is 1.15 bits per heavy atom. The van der Waals surface area contributed by atoms with Crippen molar-refractivity contribution in [2.24, 2.45) is 0 Å². The molecule has 0 aliphatic heterocycles. The molecule has 0 spiro atoms. The van der Waals surface area contributed by atoms with E-state index in [1.54, 1.807) is 25.4 Å². The number of nitrogens with zero attached hydrogens (tertiary/aromatic N) is 4. The fourth-order valence-electron chi connectivity index (χ4n) is 3.01. The maximum atomic E-state index is 11.7. The summed E-state index contributed by atoms with van der Waals surface area (Å²) in [4.78, 5) is 24.2. The number of carbonyl (C=O) groups excluding carboxylic acids is 1. The molecule has 10 nitrogen and oxygen atoms in total. The van der Waals surface area contributed by atoms with Crippen LogP contribution in [0.1, 0.15) is 21.5 Å². The smallest absolute Gasteiger partial charge is 0.251 e. The average Bonchev–Trinajstić information content (AvgIpc) is 3.35. The van der Waals surface area contributed by atoms with Gasteiger partial charge in [0, 0.05) is 31.1 Å². The van der Waals surface area contributed by atoms with Crippen LogP contribution < -0.4 is 16.4 Å². The third kappa shape index (κ3) is 6.34. The zero-order valence-electron chi connectivity index (χ0n) is 18.4. The first kappa shape index (κ1) is 23.4. The van der Waals surface area contributed by atoms with Gasteiger partial charge in [0.25, 0.3) is 5.91 Å². The first-order chi connectivity index (χ1) is 16.0. The topological polar surface area (TPSA) is 155 Å². The number of aromatic amines is 1. The Morgan fingerprint density at radius 2 is 1.94 bits per heavy atom. The Labute approximate surface area is 191 Å². The molecule has 10 heteroatoms. The second kappa shape index (κ2) is 11.3. The molecule has 0 fully saturated rings. The Bertz CT molecular complexity index is 1180. The third-order valence-corrected chi connectivity index (χ3v) is 4.69. The maximum Gasteiger partial charge on any atom is 0.251 e. The maximum absolute atomic E-state index is 11.7. The number of nitrogen functional groups attached to an aromatic ring is 1. The number of nitrogens with two attached hydrogens (primary N) is 1. The van der Waals surface area contributed by atoms with Gasteiger partial charge in [0.2, 0.25) is 5.95 Å². The quantitative estimate of drug-likeness (QED) is 0.303. The summed E-state index contributed by atoms with van der Waals surface area (Å²) < 4.78 is 0. The minimum absolute atomic E-state index is 0.129. The van der Waals surface area contributed by atoms with Gasteiger partial charge in [-0.25, -0.2) is 9.97 Å². The van der Waals surface area contributed by atoms with Crippen LogP contribution in [0.4, 0.5) is 17.5 Å². The minimum atomic E-state index is -0.129. The number of nitrogens with one attached hydrogen (secondary N) is 3. The first-order valence-electron chi connectivity index (χ1n) is 10.2. The number of aryl methyl sites for hydroxylation is 1. The lowest BCUT2D eigenvalue weighted by Gasteiger charge is -2.10. The molecule has 2 aromatic heterocycles. The van der Waals surface area contributed by atoms with Crippen molar-refractivity contribution in [3.05, 3.63) is 77.7 Å². The Kier molecular flexibility index (Phi) is 8.03. The summed E-state index contributed by atoms with van der Waals surface area (Å²) in [6, 6.07) is 15.3. The van der Waals surface area contributed by atoms with Gasteiger partial charge in [-0.1, -0.05) is 30.3 Å². The predicted octanol–water partition coefficient (Wildman–Crippen LogP) is 2.48. The van der Waals surface area contributed by atoms with Crippen LogP contribution in [0, 0.1) is 6.92 Å². The van der Waals surface area contributed by atoms with Crippen LogP contribution in [-0.2, 0) is 6.42 Å². The number of benzene rings is 2. The molecule has 0 saturated carbocycles. The van der Waals surface area contributed by atoms with Crippen LogP contribution >= 0.6 is 0 Å². The number of aliphatic hydroxyl groups excluding tert-OH is 1. The SMILES string of the molecule is CNC(=O)c1ccc(Nc2ncc(-c3ncn[nH]3)c(N)n2)cc1C.OCCc1ccccc1. The van der Waals surface area contributed by atoms with Crippen LogP contribution in [0.5, 0.6) is 0 Å². The second-order valence-electron chi connectivity index (χ2n) is 7.02. The van der Waals surface area contributed by atoms with Crippen molar-refractivity contribution in [1.82, 2.24) is 30.5 Å². The molecule has 0 saturated heterocycles. The summed E-state index contributed by atoms with van der Waals surface area (Å²) in [6.45, 7) is 2.10. The molecule has 0 unspecified atom stereocenters. The molecule has 6 N–H and O–H groups in total. The van der Waals surface area contributed by atoms with Gasteiger partial charge >= 0.3 is 0 Å². The number of rotatable bonds is 6. The van der Waals surface area contributed by atoms with Crippen molar-refractivity contribution in [3.63, 3.8) is 0 Å². The van der Waals surface area contributed by atoms with Crippen LogP contribution in [0.15, 0.2) is 61.1 Å². The first-order valence-corrected chi connectivity index (χ1v) is 10.2. The van der Waals surface area contributed by atoms with Gasteiger partial charge < -0.3 is 21.5 Å². The van der Waals surface area contributed by atoms with Crippen LogP contribution in [-0.4, -0.2) is 49.8 Å². The number of aromatic nitrogens is 5. The van der Waals surface area contributed by atoms with Crippen LogP contribution in [0.2, 0.25) is 0 Å². The molecule has 4 aromatic rings. The third-order valence-electron chi connectivity index (χ3n) is 4.69. The van der Waals surface area contributed by atoms with Crippen molar-refractivity contribution in [2.45, 2.75) is 13.3 Å². The molecule has 2 heterocycles. The van der Waals surface area contributed by atoms with E-state index in [1.165, 1.54) is 11.9 Å². The number of aliphatic hydroxyl groups is 1. The summed E-state index contributed by atoms with van der Waals surface area (Å²) in [7, 11) is 1.60. The predicted molar refractivity (Wildman–Crippen MR) is 127 cm³/mol. The van der Waals surface area contributed by atoms with E-state index in [0.29, 0.717) is 22.9 Å². The molecule has 0 aliphatic carbocycles. The number of carbonyl (C=O) groups is 1. The molecular weight excluding hydrogens is 420 g/mol. The average molecular weight is 447 g/mol. The van der Waals surface area contributed by atoms with E-state index >= 15 is 0 Å². The molecule has 4 rings (SSSR count). The lowest BCUT2D eigenvalue weighted by molar-refractivity contribution is 0.0962. The molecule has 0 bridgehead atoms. The Hall–Kier alpha value is -4.31. The van der Waals surface area contributed by atoms with E-state index in [2.05, 4.69) is 35.8 Å². The largest absolute Gasteiger partial charge is 0.396 e. The van der Waals surface area contributed by atoms with Crippen molar-refractivity contribution >= 4 is 23.4 Å². The normalized spacial score (nSPS) is 10.2. The fraction of sp³-hybridized carbons (Fsp3) is 0.174. The van der Waals surface area contributed by atoms with E-state index < -0.39 is 0 Å². The number of hydrogen-bond donors (Lipinski definition) is 5.